The molecule has 0 unspecified atom stereocenters. The Kier molecular flexibility index (Phi) is 4.43. The van der Waals surface area contributed by atoms with Gasteiger partial charge in [-0.2, -0.15) is 0 Å². The number of aryl methyl sites for hydroxylation is 1. The van der Waals surface area contributed by atoms with E-state index in [0.717, 1.165) is 0 Å². The number of aromatic nitrogens is 3. The highest BCUT2D eigenvalue weighted by Crippen LogP contribution is 2.23. The van der Waals surface area contributed by atoms with Crippen molar-refractivity contribution in [1.82, 2.24) is 19.5 Å². The van der Waals surface area contributed by atoms with Gasteiger partial charge in [-0.25, -0.2) is 13.1 Å². The maximum atomic E-state index is 12.0. The predicted octanol–water partition coefficient (Wildman–Crippen LogP) is 0.308. The van der Waals surface area contributed by atoms with Crippen LogP contribution in [0.15, 0.2) is 29.4 Å². The molecular weight excluding hydrogens is 292 g/mol. The second-order valence-corrected chi connectivity index (χ2v) is 6.23. The Labute approximate surface area is 123 Å². The first-order valence-corrected chi connectivity index (χ1v) is 7.88. The van der Waals surface area contributed by atoms with E-state index in [1.54, 1.807) is 23.9 Å². The van der Waals surface area contributed by atoms with Crippen molar-refractivity contribution in [3.8, 4) is 0 Å². The van der Waals surface area contributed by atoms with Crippen molar-refractivity contribution in [2.24, 2.45) is 7.05 Å². The molecule has 0 aliphatic heterocycles. The monoisotopic (exact) mass is 310 g/mol. The number of nitrogens with two attached hydrogens (primary N) is 1. The molecule has 0 saturated heterocycles. The highest BCUT2D eigenvalue weighted by Gasteiger charge is 2.14. The number of hydrogen-bond acceptors (Lipinski definition) is 6. The first-order chi connectivity index (χ1) is 9.94. The van der Waals surface area contributed by atoms with Gasteiger partial charge in [0.1, 0.15) is 6.33 Å². The highest BCUT2D eigenvalue weighted by molar-refractivity contribution is 7.89. The number of nitrogens with zero attached hydrogens (tertiary/aromatic N) is 3. The molecule has 2 rings (SSSR count). The van der Waals surface area contributed by atoms with Gasteiger partial charge >= 0.3 is 0 Å². The van der Waals surface area contributed by atoms with Crippen LogP contribution in [0.4, 0.5) is 11.4 Å². The second kappa shape index (κ2) is 6.10. The number of rotatable bonds is 6. The molecule has 2 aromatic rings. The summed E-state index contributed by atoms with van der Waals surface area (Å²) < 4.78 is 28.2. The van der Waals surface area contributed by atoms with Gasteiger partial charge in [-0.1, -0.05) is 6.92 Å². The Bertz CT molecular complexity index is 725. The van der Waals surface area contributed by atoms with Gasteiger partial charge in [-0.15, -0.1) is 10.2 Å². The molecule has 0 aliphatic rings. The van der Waals surface area contributed by atoms with Gasteiger partial charge in [-0.05, 0) is 18.2 Å². The van der Waals surface area contributed by atoms with E-state index in [1.165, 1.54) is 12.1 Å². The molecule has 114 valence electrons. The van der Waals surface area contributed by atoms with Crippen LogP contribution >= 0.6 is 0 Å². The summed E-state index contributed by atoms with van der Waals surface area (Å²) in [6, 6.07) is 4.54. The smallest absolute Gasteiger partial charge is 0.240 e. The van der Waals surface area contributed by atoms with E-state index >= 15 is 0 Å². The molecule has 0 radical (unpaired) electrons. The molecule has 9 heteroatoms. The fourth-order valence-corrected chi connectivity index (χ4v) is 2.84. The number of nitrogen functional groups attached to an aromatic ring is 1. The second-order valence-electron chi connectivity index (χ2n) is 4.46. The Morgan fingerprint density at radius 3 is 2.76 bits per heavy atom. The van der Waals surface area contributed by atoms with E-state index in [1.807, 2.05) is 7.05 Å². The lowest BCUT2D eigenvalue weighted by Gasteiger charge is -2.11. The van der Waals surface area contributed by atoms with Gasteiger partial charge in [0.15, 0.2) is 5.82 Å². The first-order valence-electron chi connectivity index (χ1n) is 6.40. The van der Waals surface area contributed by atoms with Gasteiger partial charge in [0, 0.05) is 13.6 Å². The Balaban J connectivity index is 2.22. The predicted molar refractivity (Wildman–Crippen MR) is 80.0 cm³/mol. The minimum absolute atomic E-state index is 0.166. The fraction of sp³-hybridized carbons (Fsp3) is 0.333. The van der Waals surface area contributed by atoms with Crippen LogP contribution < -0.4 is 15.8 Å². The molecule has 0 atom stereocenters. The van der Waals surface area contributed by atoms with Crippen LogP contribution in [0, 0.1) is 0 Å². The molecule has 0 aliphatic carbocycles. The van der Waals surface area contributed by atoms with E-state index in [0.29, 0.717) is 30.3 Å². The zero-order chi connectivity index (χ0) is 15.5. The average molecular weight is 310 g/mol. The molecule has 0 saturated carbocycles. The molecule has 1 aromatic heterocycles. The third kappa shape index (κ3) is 3.50. The Hall–Kier alpha value is -2.13. The van der Waals surface area contributed by atoms with Crippen LogP contribution in [-0.4, -0.2) is 29.7 Å². The third-order valence-corrected chi connectivity index (χ3v) is 4.45. The van der Waals surface area contributed by atoms with Crippen molar-refractivity contribution in [2.75, 3.05) is 17.6 Å². The molecule has 1 aromatic carbocycles. The number of hydrogen-bond donors (Lipinski definition) is 3. The molecular formula is C12H18N6O2S. The van der Waals surface area contributed by atoms with Gasteiger partial charge in [-0.3, -0.25) is 0 Å². The maximum Gasteiger partial charge on any atom is 0.240 e. The lowest BCUT2D eigenvalue weighted by Crippen LogP contribution is -2.23. The summed E-state index contributed by atoms with van der Waals surface area (Å²) in [6.07, 6.45) is 1.59. The lowest BCUT2D eigenvalue weighted by molar-refractivity contribution is 0.584. The van der Waals surface area contributed by atoms with Crippen LogP contribution in [0.5, 0.6) is 0 Å². The molecule has 21 heavy (non-hydrogen) atoms. The SMILES string of the molecule is CCNS(=O)(=O)c1ccc(N)c(NCc2nncn2C)c1. The zero-order valence-electron chi connectivity index (χ0n) is 11.9. The third-order valence-electron chi connectivity index (χ3n) is 2.91. The minimum atomic E-state index is -3.51. The summed E-state index contributed by atoms with van der Waals surface area (Å²) in [5.41, 5.74) is 6.87. The molecule has 0 spiro atoms. The summed E-state index contributed by atoms with van der Waals surface area (Å²) in [5, 5.41) is 10.8. The van der Waals surface area contributed by atoms with E-state index in [4.69, 9.17) is 5.73 Å². The van der Waals surface area contributed by atoms with Crippen molar-refractivity contribution >= 4 is 21.4 Å². The van der Waals surface area contributed by atoms with Crippen molar-refractivity contribution in [3.05, 3.63) is 30.4 Å². The van der Waals surface area contributed by atoms with Crippen LogP contribution in [0.3, 0.4) is 0 Å². The lowest BCUT2D eigenvalue weighted by atomic mass is 10.2. The largest absolute Gasteiger partial charge is 0.397 e. The normalized spacial score (nSPS) is 11.5. The summed E-state index contributed by atoms with van der Waals surface area (Å²) in [7, 11) is -1.68. The molecule has 0 bridgehead atoms. The number of nitrogens with one attached hydrogen (secondary N) is 2. The standard InChI is InChI=1S/C12H18N6O2S/c1-3-16-21(19,20)9-4-5-10(13)11(6-9)14-7-12-17-15-8-18(12)2/h4-6,8,14,16H,3,7,13H2,1-2H3. The van der Waals surface area contributed by atoms with Crippen molar-refractivity contribution in [1.29, 1.82) is 0 Å². The molecule has 0 amide bonds. The quantitative estimate of drug-likeness (QED) is 0.661. The molecule has 0 fully saturated rings. The fourth-order valence-electron chi connectivity index (χ4n) is 1.77. The van der Waals surface area contributed by atoms with E-state index < -0.39 is 10.0 Å². The first kappa shape index (κ1) is 15.3. The topological polar surface area (TPSA) is 115 Å². The average Bonchev–Trinajstić information content (AvgIpc) is 2.83. The van der Waals surface area contributed by atoms with Crippen molar-refractivity contribution < 1.29 is 8.42 Å². The van der Waals surface area contributed by atoms with Gasteiger partial charge < -0.3 is 15.6 Å². The number of anilines is 2. The van der Waals surface area contributed by atoms with E-state index in [9.17, 15) is 8.42 Å². The Morgan fingerprint density at radius 1 is 1.38 bits per heavy atom. The van der Waals surface area contributed by atoms with Crippen LogP contribution in [0.25, 0.3) is 0 Å². The molecule has 1 heterocycles. The highest BCUT2D eigenvalue weighted by atomic mass is 32.2. The van der Waals surface area contributed by atoms with Crippen LogP contribution in [-0.2, 0) is 23.6 Å². The number of sulfonamides is 1. The van der Waals surface area contributed by atoms with Crippen molar-refractivity contribution in [2.45, 2.75) is 18.4 Å². The van der Waals surface area contributed by atoms with Crippen LogP contribution in [0.1, 0.15) is 12.7 Å². The summed E-state index contributed by atoms with van der Waals surface area (Å²) >= 11 is 0. The van der Waals surface area contributed by atoms with E-state index in [2.05, 4.69) is 20.2 Å². The van der Waals surface area contributed by atoms with Crippen LogP contribution in [0.2, 0.25) is 0 Å². The summed E-state index contributed by atoms with van der Waals surface area (Å²) in [4.78, 5) is 0.166. The van der Waals surface area contributed by atoms with Gasteiger partial charge in [0.25, 0.3) is 0 Å². The zero-order valence-corrected chi connectivity index (χ0v) is 12.7. The molecule has 8 nitrogen and oxygen atoms in total. The van der Waals surface area contributed by atoms with Crippen molar-refractivity contribution in [3.63, 3.8) is 0 Å². The minimum Gasteiger partial charge on any atom is -0.397 e. The Morgan fingerprint density at radius 2 is 2.14 bits per heavy atom. The molecule has 4 N–H and O–H groups in total. The maximum absolute atomic E-state index is 12.0. The van der Waals surface area contributed by atoms with Gasteiger partial charge in [0.05, 0.1) is 22.8 Å². The summed E-state index contributed by atoms with van der Waals surface area (Å²) in [5.74, 6) is 0.717. The van der Waals surface area contributed by atoms with Gasteiger partial charge in [0.2, 0.25) is 10.0 Å². The summed E-state index contributed by atoms with van der Waals surface area (Å²) in [6.45, 7) is 2.45. The number of benzene rings is 1. The van der Waals surface area contributed by atoms with E-state index in [-0.39, 0.29) is 4.90 Å².